The van der Waals surface area contributed by atoms with Crippen molar-refractivity contribution in [3.8, 4) is 22.4 Å². The largest absolute Gasteiger partial charge is 0.345 e. The highest BCUT2D eigenvalue weighted by Gasteiger charge is 2.21. The maximum Gasteiger partial charge on any atom is 0.254 e. The summed E-state index contributed by atoms with van der Waals surface area (Å²) in [4.78, 5) is 36.7. The summed E-state index contributed by atoms with van der Waals surface area (Å²) in [6.07, 6.45) is 6.67. The van der Waals surface area contributed by atoms with Crippen molar-refractivity contribution in [1.82, 2.24) is 24.6 Å². The number of aromatic nitrogens is 4. The van der Waals surface area contributed by atoms with Gasteiger partial charge in [-0.05, 0) is 36.2 Å². The fourth-order valence-electron chi connectivity index (χ4n) is 4.21. The third kappa shape index (κ3) is 3.73. The van der Waals surface area contributed by atoms with E-state index < -0.39 is 0 Å². The van der Waals surface area contributed by atoms with Crippen LogP contribution in [0.1, 0.15) is 23.2 Å². The van der Waals surface area contributed by atoms with Crippen LogP contribution in [0.15, 0.2) is 55.0 Å². The van der Waals surface area contributed by atoms with Crippen LogP contribution >= 0.6 is 0 Å². The van der Waals surface area contributed by atoms with E-state index in [0.29, 0.717) is 17.6 Å². The predicted molar refractivity (Wildman–Crippen MR) is 127 cm³/mol. The molecule has 0 saturated carbocycles. The second-order valence-electron chi connectivity index (χ2n) is 8.43. The normalized spacial score (nSPS) is 13.7. The number of nitrogens with zero attached hydrogens (tertiary/aromatic N) is 6. The Morgan fingerprint density at radius 2 is 1.76 bits per heavy atom. The summed E-state index contributed by atoms with van der Waals surface area (Å²) in [5.41, 5.74) is 5.64. The van der Waals surface area contributed by atoms with Gasteiger partial charge in [-0.1, -0.05) is 12.1 Å². The van der Waals surface area contributed by atoms with Crippen LogP contribution in [0.25, 0.3) is 33.4 Å². The van der Waals surface area contributed by atoms with Crippen molar-refractivity contribution in [3.63, 3.8) is 0 Å². The summed E-state index contributed by atoms with van der Waals surface area (Å²) in [6, 6.07) is 11.8. The second-order valence-corrected chi connectivity index (χ2v) is 8.43. The zero-order valence-electron chi connectivity index (χ0n) is 18.8. The Kier molecular flexibility index (Phi) is 5.12. The van der Waals surface area contributed by atoms with Crippen LogP contribution in [-0.2, 0) is 11.8 Å². The van der Waals surface area contributed by atoms with Gasteiger partial charge < -0.3 is 9.80 Å². The highest BCUT2D eigenvalue weighted by Crippen LogP contribution is 2.31. The topological polar surface area (TPSA) is 84.2 Å². The lowest BCUT2D eigenvalue weighted by Crippen LogP contribution is -2.23. The average molecular weight is 441 g/mol. The first-order chi connectivity index (χ1) is 15.9. The molecule has 4 aromatic rings. The van der Waals surface area contributed by atoms with E-state index in [4.69, 9.17) is 0 Å². The Bertz CT molecular complexity index is 1370. The molecule has 1 saturated heterocycles. The number of carbonyl (C=O) groups is 2. The molecule has 2 amide bonds. The molecule has 33 heavy (non-hydrogen) atoms. The van der Waals surface area contributed by atoms with Crippen LogP contribution in [0.3, 0.4) is 0 Å². The van der Waals surface area contributed by atoms with Gasteiger partial charge in [0, 0.05) is 74.9 Å². The maximum atomic E-state index is 12.4. The molecule has 0 aliphatic carbocycles. The number of hydrogen-bond donors (Lipinski definition) is 0. The molecule has 0 spiro atoms. The van der Waals surface area contributed by atoms with Gasteiger partial charge in [0.05, 0.1) is 5.56 Å². The SMILES string of the molecule is CN(C)C(=O)c1cnc2c(c1)c(-c1cncc(-c3ccc(N4CCCC4=O)cc3)c1)nn2C. The lowest BCUT2D eigenvalue weighted by molar-refractivity contribution is -0.117. The molecule has 166 valence electrons. The summed E-state index contributed by atoms with van der Waals surface area (Å²) in [6.45, 7) is 0.772. The van der Waals surface area contributed by atoms with E-state index >= 15 is 0 Å². The molecule has 1 aliphatic heterocycles. The van der Waals surface area contributed by atoms with Crippen molar-refractivity contribution in [1.29, 1.82) is 0 Å². The highest BCUT2D eigenvalue weighted by molar-refractivity contribution is 6.00. The van der Waals surface area contributed by atoms with Crippen LogP contribution < -0.4 is 4.90 Å². The smallest absolute Gasteiger partial charge is 0.254 e. The standard InChI is InChI=1S/C25H24N6O2/c1-29(2)25(33)19-12-21-23(28-30(3)24(21)27-15-19)18-11-17(13-26-14-18)16-6-8-20(9-7-16)31-10-4-5-22(31)32/h6-9,11-15H,4-5,10H2,1-3H3. The van der Waals surface area contributed by atoms with Crippen LogP contribution in [0.2, 0.25) is 0 Å². The molecular formula is C25H24N6O2. The molecule has 0 N–H and O–H groups in total. The third-order valence-corrected chi connectivity index (χ3v) is 5.93. The van der Waals surface area contributed by atoms with E-state index in [9.17, 15) is 9.59 Å². The fourth-order valence-corrected chi connectivity index (χ4v) is 4.21. The molecule has 0 unspecified atom stereocenters. The zero-order chi connectivity index (χ0) is 23.1. The predicted octanol–water partition coefficient (Wildman–Crippen LogP) is 3.53. The van der Waals surface area contributed by atoms with E-state index in [1.807, 2.05) is 54.5 Å². The van der Waals surface area contributed by atoms with Crippen molar-refractivity contribution in [2.75, 3.05) is 25.5 Å². The molecule has 8 heteroatoms. The van der Waals surface area contributed by atoms with Gasteiger partial charge in [-0.3, -0.25) is 14.6 Å². The molecule has 1 fully saturated rings. The Morgan fingerprint density at radius 1 is 1.00 bits per heavy atom. The summed E-state index contributed by atoms with van der Waals surface area (Å²) < 4.78 is 1.71. The summed E-state index contributed by atoms with van der Waals surface area (Å²) in [5.74, 6) is 0.0665. The number of carbonyl (C=O) groups excluding carboxylic acids is 2. The number of rotatable bonds is 4. The maximum absolute atomic E-state index is 12.4. The molecular weight excluding hydrogens is 416 g/mol. The Hall–Kier alpha value is -4.07. The van der Waals surface area contributed by atoms with Crippen molar-refractivity contribution in [2.45, 2.75) is 12.8 Å². The van der Waals surface area contributed by atoms with Crippen LogP contribution in [-0.4, -0.2) is 57.1 Å². The number of anilines is 1. The van der Waals surface area contributed by atoms with Gasteiger partial charge in [-0.2, -0.15) is 5.10 Å². The first-order valence-electron chi connectivity index (χ1n) is 10.8. The molecule has 0 radical (unpaired) electrons. The third-order valence-electron chi connectivity index (χ3n) is 5.93. The molecule has 3 aromatic heterocycles. The quantitative estimate of drug-likeness (QED) is 0.485. The van der Waals surface area contributed by atoms with Gasteiger partial charge in [-0.15, -0.1) is 0 Å². The van der Waals surface area contributed by atoms with Crippen molar-refractivity contribution in [2.24, 2.45) is 7.05 Å². The summed E-state index contributed by atoms with van der Waals surface area (Å²) in [7, 11) is 5.27. The monoisotopic (exact) mass is 440 g/mol. The van der Waals surface area contributed by atoms with Gasteiger partial charge in [0.25, 0.3) is 5.91 Å². The number of pyridine rings is 2. The average Bonchev–Trinajstić information content (AvgIpc) is 3.41. The Balaban J connectivity index is 1.52. The highest BCUT2D eigenvalue weighted by atomic mass is 16.2. The van der Waals surface area contributed by atoms with Crippen LogP contribution in [0.4, 0.5) is 5.69 Å². The van der Waals surface area contributed by atoms with Crippen molar-refractivity contribution < 1.29 is 9.59 Å². The van der Waals surface area contributed by atoms with Crippen molar-refractivity contribution in [3.05, 3.63) is 60.6 Å². The van der Waals surface area contributed by atoms with Crippen molar-refractivity contribution >= 4 is 28.5 Å². The van der Waals surface area contributed by atoms with Gasteiger partial charge >= 0.3 is 0 Å². The first-order valence-corrected chi connectivity index (χ1v) is 10.8. The molecule has 5 rings (SSSR count). The van der Waals surface area contributed by atoms with E-state index in [1.165, 1.54) is 4.90 Å². The fraction of sp³-hybridized carbons (Fsp3) is 0.240. The molecule has 0 bridgehead atoms. The van der Waals surface area contributed by atoms with Gasteiger partial charge in [0.1, 0.15) is 5.69 Å². The molecule has 4 heterocycles. The molecule has 1 aromatic carbocycles. The van der Waals surface area contributed by atoms with Gasteiger partial charge in [0.15, 0.2) is 5.65 Å². The van der Waals surface area contributed by atoms with Crippen LogP contribution in [0, 0.1) is 0 Å². The zero-order valence-corrected chi connectivity index (χ0v) is 18.8. The number of amides is 2. The van der Waals surface area contributed by atoms with Gasteiger partial charge in [0.2, 0.25) is 5.91 Å². The minimum atomic E-state index is -0.109. The van der Waals surface area contributed by atoms with E-state index in [-0.39, 0.29) is 11.8 Å². The first kappa shape index (κ1) is 20.8. The summed E-state index contributed by atoms with van der Waals surface area (Å²) in [5, 5.41) is 5.46. The Morgan fingerprint density at radius 3 is 2.45 bits per heavy atom. The Labute approximate surface area is 191 Å². The van der Waals surface area contributed by atoms with E-state index in [2.05, 4.69) is 15.1 Å². The minimum Gasteiger partial charge on any atom is -0.345 e. The minimum absolute atomic E-state index is 0.109. The molecule has 1 aliphatic rings. The second kappa shape index (κ2) is 8.12. The summed E-state index contributed by atoms with van der Waals surface area (Å²) >= 11 is 0. The van der Waals surface area contributed by atoms with Gasteiger partial charge in [-0.25, -0.2) is 9.67 Å². The van der Waals surface area contributed by atoms with Crippen LogP contribution in [0.5, 0.6) is 0 Å². The molecule has 0 atom stereocenters. The number of hydrogen-bond acceptors (Lipinski definition) is 5. The number of fused-ring (bicyclic) bond motifs is 1. The number of aryl methyl sites for hydroxylation is 1. The lowest BCUT2D eigenvalue weighted by atomic mass is 10.0. The molecule has 8 nitrogen and oxygen atoms in total. The number of benzene rings is 1. The van der Waals surface area contributed by atoms with E-state index in [0.717, 1.165) is 46.4 Å². The lowest BCUT2D eigenvalue weighted by Gasteiger charge is -2.16. The van der Waals surface area contributed by atoms with E-state index in [1.54, 1.807) is 31.2 Å².